The smallest absolute Gasteiger partial charge is 0.333 e. The molecular formula is C15H23NO7. The highest BCUT2D eigenvalue weighted by atomic mass is 16.7. The topological polar surface area (TPSA) is 99.2 Å². The van der Waals surface area contributed by atoms with Crippen molar-refractivity contribution < 1.29 is 33.5 Å². The Bertz CT molecular complexity index is 431. The molecule has 130 valence electrons. The second-order valence-corrected chi connectivity index (χ2v) is 5.56. The Morgan fingerprint density at radius 1 is 1.00 bits per heavy atom. The standard InChI is InChI=1S/C15H23NO7/c1-11(2)7-8-21-9-10-22-14(19)5-6-15(20)23-16-12(17)3-4-13(16)18/h11H,3-10H2,1-2H3. The maximum atomic E-state index is 11.5. The van der Waals surface area contributed by atoms with Gasteiger partial charge >= 0.3 is 11.9 Å². The molecule has 0 radical (unpaired) electrons. The van der Waals surface area contributed by atoms with E-state index < -0.39 is 23.8 Å². The molecule has 0 aromatic rings. The van der Waals surface area contributed by atoms with Gasteiger partial charge in [-0.3, -0.25) is 14.4 Å². The van der Waals surface area contributed by atoms with Crippen LogP contribution in [0.15, 0.2) is 0 Å². The van der Waals surface area contributed by atoms with Crippen LogP contribution in [-0.4, -0.2) is 48.6 Å². The fourth-order valence-corrected chi connectivity index (χ4v) is 1.72. The monoisotopic (exact) mass is 329 g/mol. The number of amides is 2. The molecule has 1 saturated heterocycles. The normalized spacial score (nSPS) is 14.5. The average Bonchev–Trinajstić information content (AvgIpc) is 2.80. The van der Waals surface area contributed by atoms with E-state index >= 15 is 0 Å². The summed E-state index contributed by atoms with van der Waals surface area (Å²) in [6, 6.07) is 0. The number of nitrogens with zero attached hydrogens (tertiary/aromatic N) is 1. The summed E-state index contributed by atoms with van der Waals surface area (Å²) < 4.78 is 10.2. The molecule has 8 heteroatoms. The predicted molar refractivity (Wildman–Crippen MR) is 77.6 cm³/mol. The number of hydroxylamine groups is 2. The van der Waals surface area contributed by atoms with Crippen LogP contribution in [0.3, 0.4) is 0 Å². The zero-order valence-electron chi connectivity index (χ0n) is 13.5. The third kappa shape index (κ3) is 7.73. The van der Waals surface area contributed by atoms with E-state index in [2.05, 4.69) is 18.7 Å². The minimum absolute atomic E-state index is 0.0327. The lowest BCUT2D eigenvalue weighted by Crippen LogP contribution is -2.32. The first-order valence-electron chi connectivity index (χ1n) is 7.70. The maximum Gasteiger partial charge on any atom is 0.333 e. The van der Waals surface area contributed by atoms with E-state index in [0.29, 0.717) is 24.2 Å². The molecule has 0 spiro atoms. The van der Waals surface area contributed by atoms with E-state index in [-0.39, 0.29) is 32.3 Å². The zero-order valence-corrected chi connectivity index (χ0v) is 13.5. The van der Waals surface area contributed by atoms with Gasteiger partial charge in [0.1, 0.15) is 6.61 Å². The lowest BCUT2D eigenvalue weighted by Gasteiger charge is -2.12. The van der Waals surface area contributed by atoms with Gasteiger partial charge in [-0.2, -0.15) is 0 Å². The van der Waals surface area contributed by atoms with Gasteiger partial charge < -0.3 is 14.3 Å². The minimum atomic E-state index is -0.821. The van der Waals surface area contributed by atoms with E-state index in [4.69, 9.17) is 9.47 Å². The number of ether oxygens (including phenoxy) is 2. The molecule has 23 heavy (non-hydrogen) atoms. The Morgan fingerprint density at radius 3 is 2.22 bits per heavy atom. The Hall–Kier alpha value is -1.96. The summed E-state index contributed by atoms with van der Waals surface area (Å²) >= 11 is 0. The van der Waals surface area contributed by atoms with Crippen LogP contribution in [0.4, 0.5) is 0 Å². The van der Waals surface area contributed by atoms with Gasteiger partial charge in [0.2, 0.25) is 0 Å². The molecule has 1 aliphatic rings. The average molecular weight is 329 g/mol. The van der Waals surface area contributed by atoms with Gasteiger partial charge in [0.25, 0.3) is 11.8 Å². The molecule has 1 heterocycles. The van der Waals surface area contributed by atoms with Crippen molar-refractivity contribution >= 4 is 23.8 Å². The molecule has 0 aromatic heterocycles. The molecule has 0 atom stereocenters. The molecular weight excluding hydrogens is 306 g/mol. The predicted octanol–water partition coefficient (Wildman–Crippen LogP) is 0.980. The summed E-state index contributed by atoms with van der Waals surface area (Å²) in [6.45, 7) is 5.21. The van der Waals surface area contributed by atoms with Gasteiger partial charge in [0.15, 0.2) is 0 Å². The van der Waals surface area contributed by atoms with E-state index in [1.165, 1.54) is 0 Å². The minimum Gasteiger partial charge on any atom is -0.463 e. The van der Waals surface area contributed by atoms with Gasteiger partial charge in [0.05, 0.1) is 19.4 Å². The first-order valence-corrected chi connectivity index (χ1v) is 7.70. The van der Waals surface area contributed by atoms with Crippen molar-refractivity contribution in [2.45, 2.75) is 46.0 Å². The van der Waals surface area contributed by atoms with Crippen molar-refractivity contribution in [2.24, 2.45) is 5.92 Å². The molecule has 0 bridgehead atoms. The SMILES string of the molecule is CC(C)CCOCCOC(=O)CCC(=O)ON1C(=O)CCC1=O. The molecule has 1 aliphatic heterocycles. The number of carbonyl (C=O) groups is 4. The third-order valence-electron chi connectivity index (χ3n) is 3.06. The van der Waals surface area contributed by atoms with Gasteiger partial charge in [-0.1, -0.05) is 13.8 Å². The molecule has 2 amide bonds. The number of hydrogen-bond donors (Lipinski definition) is 0. The zero-order chi connectivity index (χ0) is 17.2. The third-order valence-corrected chi connectivity index (χ3v) is 3.06. The Labute approximate surface area is 135 Å². The Kier molecular flexibility index (Phi) is 8.25. The Morgan fingerprint density at radius 2 is 1.61 bits per heavy atom. The lowest BCUT2D eigenvalue weighted by atomic mass is 10.1. The molecule has 8 nitrogen and oxygen atoms in total. The highest BCUT2D eigenvalue weighted by molar-refractivity contribution is 6.01. The highest BCUT2D eigenvalue weighted by Crippen LogP contribution is 2.13. The summed E-state index contributed by atoms with van der Waals surface area (Å²) in [4.78, 5) is 50.0. The van der Waals surface area contributed by atoms with Gasteiger partial charge in [0, 0.05) is 19.4 Å². The number of rotatable bonds is 10. The van der Waals surface area contributed by atoms with Crippen molar-refractivity contribution in [1.82, 2.24) is 5.06 Å². The van der Waals surface area contributed by atoms with Crippen LogP contribution >= 0.6 is 0 Å². The van der Waals surface area contributed by atoms with Crippen LogP contribution < -0.4 is 0 Å². The van der Waals surface area contributed by atoms with Crippen molar-refractivity contribution in [2.75, 3.05) is 19.8 Å². The lowest BCUT2D eigenvalue weighted by molar-refractivity contribution is -0.197. The number of esters is 1. The second-order valence-electron chi connectivity index (χ2n) is 5.56. The van der Waals surface area contributed by atoms with Crippen molar-refractivity contribution in [3.63, 3.8) is 0 Å². The van der Waals surface area contributed by atoms with Crippen LogP contribution in [0.1, 0.15) is 46.0 Å². The van der Waals surface area contributed by atoms with E-state index in [1.807, 2.05) is 0 Å². The van der Waals surface area contributed by atoms with Crippen LogP contribution in [0, 0.1) is 5.92 Å². The molecule has 1 rings (SSSR count). The van der Waals surface area contributed by atoms with Gasteiger partial charge in [-0.15, -0.1) is 5.06 Å². The summed E-state index contributed by atoms with van der Waals surface area (Å²) in [7, 11) is 0. The van der Waals surface area contributed by atoms with Crippen LogP contribution in [0.25, 0.3) is 0 Å². The molecule has 0 N–H and O–H groups in total. The van der Waals surface area contributed by atoms with Gasteiger partial charge in [-0.05, 0) is 12.3 Å². The van der Waals surface area contributed by atoms with Crippen LogP contribution in [-0.2, 0) is 33.5 Å². The summed E-state index contributed by atoms with van der Waals surface area (Å²) in [5.41, 5.74) is 0. The number of hydrogen-bond acceptors (Lipinski definition) is 7. The van der Waals surface area contributed by atoms with Crippen LogP contribution in [0.5, 0.6) is 0 Å². The Balaban J connectivity index is 2.07. The molecule has 0 aliphatic carbocycles. The second kappa shape index (κ2) is 9.94. The van der Waals surface area contributed by atoms with Crippen molar-refractivity contribution in [1.29, 1.82) is 0 Å². The van der Waals surface area contributed by atoms with Crippen molar-refractivity contribution in [3.8, 4) is 0 Å². The number of carbonyl (C=O) groups excluding carboxylic acids is 4. The van der Waals surface area contributed by atoms with Crippen molar-refractivity contribution in [3.05, 3.63) is 0 Å². The molecule has 0 saturated carbocycles. The summed E-state index contributed by atoms with van der Waals surface area (Å²) in [6.07, 6.45) is 0.564. The quantitative estimate of drug-likeness (QED) is 0.334. The summed E-state index contributed by atoms with van der Waals surface area (Å²) in [5.74, 6) is -1.93. The molecule has 0 aromatic carbocycles. The first kappa shape index (κ1) is 19.1. The fraction of sp³-hybridized carbons (Fsp3) is 0.733. The number of imide groups is 1. The largest absolute Gasteiger partial charge is 0.463 e. The maximum absolute atomic E-state index is 11.5. The molecule has 1 fully saturated rings. The summed E-state index contributed by atoms with van der Waals surface area (Å²) in [5, 5.41) is 0.455. The van der Waals surface area contributed by atoms with E-state index in [9.17, 15) is 19.2 Å². The fourth-order valence-electron chi connectivity index (χ4n) is 1.72. The van der Waals surface area contributed by atoms with Crippen LogP contribution in [0.2, 0.25) is 0 Å². The first-order chi connectivity index (χ1) is 10.9. The van der Waals surface area contributed by atoms with E-state index in [1.54, 1.807) is 0 Å². The van der Waals surface area contributed by atoms with Gasteiger partial charge in [-0.25, -0.2) is 4.79 Å². The highest BCUT2D eigenvalue weighted by Gasteiger charge is 2.32. The molecule has 0 unspecified atom stereocenters. The van der Waals surface area contributed by atoms with E-state index in [0.717, 1.165) is 6.42 Å².